The predicted octanol–water partition coefficient (Wildman–Crippen LogP) is 2.94. The molecule has 0 aromatic heterocycles. The molecule has 0 N–H and O–H groups in total. The highest BCUT2D eigenvalue weighted by Crippen LogP contribution is 2.25. The van der Waals surface area contributed by atoms with Crippen molar-refractivity contribution in [3.63, 3.8) is 0 Å². The van der Waals surface area contributed by atoms with E-state index in [-0.39, 0.29) is 0 Å². The van der Waals surface area contributed by atoms with E-state index in [0.29, 0.717) is 6.10 Å². The second-order valence-corrected chi connectivity index (χ2v) is 4.73. The predicted molar refractivity (Wildman–Crippen MR) is 55.8 cm³/mol. The van der Waals surface area contributed by atoms with E-state index in [2.05, 4.69) is 13.2 Å². The topological polar surface area (TPSA) is 9.23 Å². The Hall–Kier alpha value is 0.310. The molecular weight excluding hydrogens is 168 g/mol. The van der Waals surface area contributed by atoms with Gasteiger partial charge in [-0.1, -0.05) is 6.92 Å². The summed E-state index contributed by atoms with van der Waals surface area (Å²) in [4.78, 5) is 0. The summed E-state index contributed by atoms with van der Waals surface area (Å²) in [5.41, 5.74) is 0. The molecule has 1 aliphatic rings. The van der Waals surface area contributed by atoms with Crippen LogP contribution < -0.4 is 0 Å². The summed E-state index contributed by atoms with van der Waals surface area (Å²) in [5.74, 6) is 2.08. The molecule has 0 bridgehead atoms. The lowest BCUT2D eigenvalue weighted by Gasteiger charge is -2.26. The minimum atomic E-state index is 0.577. The summed E-state index contributed by atoms with van der Waals surface area (Å²) < 4.78 is 5.75. The normalized spacial score (nSPS) is 30.5. The first kappa shape index (κ1) is 10.4. The zero-order valence-electron chi connectivity index (χ0n) is 8.21. The van der Waals surface area contributed by atoms with Gasteiger partial charge in [-0.25, -0.2) is 0 Å². The highest BCUT2D eigenvalue weighted by molar-refractivity contribution is 7.98. The molecule has 0 unspecified atom stereocenters. The average Bonchev–Trinajstić information content (AvgIpc) is 2.09. The summed E-state index contributed by atoms with van der Waals surface area (Å²) in [5, 5.41) is 0. The number of hydrogen-bond acceptors (Lipinski definition) is 2. The monoisotopic (exact) mass is 188 g/mol. The van der Waals surface area contributed by atoms with Crippen LogP contribution in [-0.2, 0) is 4.74 Å². The van der Waals surface area contributed by atoms with Crippen molar-refractivity contribution in [3.05, 3.63) is 0 Å². The lowest BCUT2D eigenvalue weighted by atomic mass is 9.89. The summed E-state index contributed by atoms with van der Waals surface area (Å²) in [6.45, 7) is 3.29. The summed E-state index contributed by atoms with van der Waals surface area (Å²) in [6, 6.07) is 0. The van der Waals surface area contributed by atoms with Crippen molar-refractivity contribution in [2.45, 2.75) is 38.7 Å². The van der Waals surface area contributed by atoms with Gasteiger partial charge in [0.2, 0.25) is 0 Å². The Labute approximate surface area is 80.3 Å². The summed E-state index contributed by atoms with van der Waals surface area (Å²) in [7, 11) is 0. The fraction of sp³-hybridized carbons (Fsp3) is 1.00. The number of thioether (sulfide) groups is 1. The smallest absolute Gasteiger partial charge is 0.0575 e. The molecule has 0 aromatic carbocycles. The van der Waals surface area contributed by atoms with Crippen LogP contribution in [0.2, 0.25) is 0 Å². The molecule has 1 saturated carbocycles. The zero-order valence-corrected chi connectivity index (χ0v) is 9.03. The van der Waals surface area contributed by atoms with Gasteiger partial charge in [0.1, 0.15) is 0 Å². The summed E-state index contributed by atoms with van der Waals surface area (Å²) >= 11 is 1.87. The Morgan fingerprint density at radius 3 is 2.50 bits per heavy atom. The molecule has 0 heterocycles. The van der Waals surface area contributed by atoms with E-state index < -0.39 is 0 Å². The Bertz CT molecular complexity index is 108. The van der Waals surface area contributed by atoms with Crippen LogP contribution in [0.15, 0.2) is 0 Å². The van der Waals surface area contributed by atoms with Crippen molar-refractivity contribution < 1.29 is 4.74 Å². The number of hydrogen-bond donors (Lipinski definition) is 0. The molecule has 0 saturated heterocycles. The van der Waals surface area contributed by atoms with Crippen molar-refractivity contribution in [2.24, 2.45) is 5.92 Å². The average molecular weight is 188 g/mol. The highest BCUT2D eigenvalue weighted by atomic mass is 32.2. The van der Waals surface area contributed by atoms with Crippen molar-refractivity contribution in [1.29, 1.82) is 0 Å². The Morgan fingerprint density at radius 2 is 1.92 bits per heavy atom. The van der Waals surface area contributed by atoms with Gasteiger partial charge in [-0.3, -0.25) is 0 Å². The highest BCUT2D eigenvalue weighted by Gasteiger charge is 2.17. The largest absolute Gasteiger partial charge is 0.377 e. The van der Waals surface area contributed by atoms with Crippen molar-refractivity contribution in [2.75, 3.05) is 18.6 Å². The van der Waals surface area contributed by atoms with Gasteiger partial charge < -0.3 is 4.74 Å². The number of rotatable bonds is 4. The first-order valence-corrected chi connectivity index (χ1v) is 6.33. The molecule has 1 fully saturated rings. The van der Waals surface area contributed by atoms with Crippen LogP contribution in [0, 0.1) is 5.92 Å². The van der Waals surface area contributed by atoms with Crippen molar-refractivity contribution >= 4 is 11.8 Å². The fourth-order valence-corrected chi connectivity index (χ4v) is 1.96. The third-order valence-electron chi connectivity index (χ3n) is 2.60. The maximum absolute atomic E-state index is 5.75. The molecule has 1 rings (SSSR count). The van der Waals surface area contributed by atoms with Crippen LogP contribution in [0.1, 0.15) is 32.6 Å². The second kappa shape index (κ2) is 5.87. The molecule has 0 radical (unpaired) electrons. The van der Waals surface area contributed by atoms with E-state index in [1.54, 1.807) is 0 Å². The third-order valence-corrected chi connectivity index (χ3v) is 3.18. The SMILES string of the molecule is CSCCOC1CCC(C)CC1. The van der Waals surface area contributed by atoms with Crippen LogP contribution in [-0.4, -0.2) is 24.7 Å². The lowest BCUT2D eigenvalue weighted by molar-refractivity contribution is 0.0292. The molecule has 72 valence electrons. The minimum Gasteiger partial charge on any atom is -0.377 e. The summed E-state index contributed by atoms with van der Waals surface area (Å²) in [6.07, 6.45) is 8.01. The standard InChI is InChI=1S/C10H20OS/c1-9-3-5-10(6-4-9)11-7-8-12-2/h9-10H,3-8H2,1-2H3. The maximum atomic E-state index is 5.75. The maximum Gasteiger partial charge on any atom is 0.0575 e. The van der Waals surface area contributed by atoms with Crippen LogP contribution in [0.3, 0.4) is 0 Å². The molecule has 1 nitrogen and oxygen atoms in total. The van der Waals surface area contributed by atoms with E-state index in [0.717, 1.165) is 18.3 Å². The van der Waals surface area contributed by atoms with Gasteiger partial charge in [0, 0.05) is 5.75 Å². The van der Waals surface area contributed by atoms with Gasteiger partial charge in [0.25, 0.3) is 0 Å². The minimum absolute atomic E-state index is 0.577. The molecule has 0 amide bonds. The van der Waals surface area contributed by atoms with Gasteiger partial charge in [-0.05, 0) is 37.9 Å². The van der Waals surface area contributed by atoms with Gasteiger partial charge >= 0.3 is 0 Å². The van der Waals surface area contributed by atoms with Gasteiger partial charge in [0.05, 0.1) is 12.7 Å². The quantitative estimate of drug-likeness (QED) is 0.627. The fourth-order valence-electron chi connectivity index (χ4n) is 1.69. The van der Waals surface area contributed by atoms with Gasteiger partial charge in [-0.15, -0.1) is 0 Å². The van der Waals surface area contributed by atoms with Crippen molar-refractivity contribution in [1.82, 2.24) is 0 Å². The molecule has 0 aromatic rings. The van der Waals surface area contributed by atoms with Gasteiger partial charge in [0.15, 0.2) is 0 Å². The molecule has 0 aliphatic heterocycles. The van der Waals surface area contributed by atoms with E-state index in [1.165, 1.54) is 25.7 Å². The Balaban J connectivity index is 2.01. The molecule has 1 aliphatic carbocycles. The van der Waals surface area contributed by atoms with E-state index in [1.807, 2.05) is 11.8 Å². The third kappa shape index (κ3) is 3.81. The first-order chi connectivity index (χ1) is 5.83. The molecular formula is C10H20OS. The second-order valence-electron chi connectivity index (χ2n) is 3.75. The first-order valence-electron chi connectivity index (χ1n) is 4.93. The van der Waals surface area contributed by atoms with Crippen LogP contribution in [0.5, 0.6) is 0 Å². The molecule has 0 atom stereocenters. The van der Waals surface area contributed by atoms with E-state index in [4.69, 9.17) is 4.74 Å². The Morgan fingerprint density at radius 1 is 1.25 bits per heavy atom. The van der Waals surface area contributed by atoms with Crippen LogP contribution in [0.4, 0.5) is 0 Å². The molecule has 12 heavy (non-hydrogen) atoms. The van der Waals surface area contributed by atoms with E-state index in [9.17, 15) is 0 Å². The number of ether oxygens (including phenoxy) is 1. The zero-order chi connectivity index (χ0) is 8.81. The van der Waals surface area contributed by atoms with Crippen LogP contribution in [0.25, 0.3) is 0 Å². The van der Waals surface area contributed by atoms with Crippen LogP contribution >= 0.6 is 11.8 Å². The molecule has 2 heteroatoms. The molecule has 0 spiro atoms. The van der Waals surface area contributed by atoms with Gasteiger partial charge in [-0.2, -0.15) is 11.8 Å². The van der Waals surface area contributed by atoms with E-state index >= 15 is 0 Å². The lowest BCUT2D eigenvalue weighted by Crippen LogP contribution is -2.21. The Kier molecular flexibility index (Phi) is 5.08. The van der Waals surface area contributed by atoms with Crippen molar-refractivity contribution in [3.8, 4) is 0 Å².